The molecule has 1 rings (SSSR count). The highest BCUT2D eigenvalue weighted by Crippen LogP contribution is 2.09. The Hall–Kier alpha value is -2.04. The molecule has 2 atom stereocenters. The molecule has 0 aliphatic rings. The highest BCUT2D eigenvalue weighted by molar-refractivity contribution is 5.92. The van der Waals surface area contributed by atoms with E-state index in [1.165, 1.54) is 0 Å². The predicted molar refractivity (Wildman–Crippen MR) is 69.5 cm³/mol. The van der Waals surface area contributed by atoms with Crippen LogP contribution in [-0.2, 0) is 4.79 Å². The molecule has 98 valence electrons. The number of nitrogens with one attached hydrogen (secondary N) is 2. The van der Waals surface area contributed by atoms with Crippen LogP contribution in [0.3, 0.4) is 0 Å². The second-order valence-corrected chi connectivity index (χ2v) is 4.17. The topological polar surface area (TPSA) is 78.4 Å². The number of amides is 2. The van der Waals surface area contributed by atoms with Crippen LogP contribution in [0, 0.1) is 5.92 Å². The first-order chi connectivity index (χ1) is 8.54. The lowest BCUT2D eigenvalue weighted by atomic mass is 9.99. The summed E-state index contributed by atoms with van der Waals surface area (Å²) < 4.78 is 0. The first kappa shape index (κ1) is 14.0. The van der Waals surface area contributed by atoms with Crippen molar-refractivity contribution < 1.29 is 14.7 Å². The molecule has 5 nitrogen and oxygen atoms in total. The van der Waals surface area contributed by atoms with E-state index in [2.05, 4.69) is 10.6 Å². The minimum Gasteiger partial charge on any atom is -0.480 e. The Morgan fingerprint density at radius 2 is 1.89 bits per heavy atom. The van der Waals surface area contributed by atoms with Gasteiger partial charge in [0.2, 0.25) is 0 Å². The molecule has 0 saturated carbocycles. The Kier molecular flexibility index (Phi) is 5.17. The van der Waals surface area contributed by atoms with E-state index in [4.69, 9.17) is 5.11 Å². The van der Waals surface area contributed by atoms with Crippen LogP contribution in [-0.4, -0.2) is 23.1 Å². The molecule has 0 bridgehead atoms. The third kappa shape index (κ3) is 4.08. The Bertz CT molecular complexity index is 406. The average molecular weight is 250 g/mol. The van der Waals surface area contributed by atoms with Gasteiger partial charge in [-0.15, -0.1) is 0 Å². The van der Waals surface area contributed by atoms with Crippen LogP contribution in [0.1, 0.15) is 20.3 Å². The predicted octanol–water partition coefficient (Wildman–Crippen LogP) is 2.31. The molecule has 1 unspecified atom stereocenters. The summed E-state index contributed by atoms with van der Waals surface area (Å²) in [5.74, 6) is -1.14. The first-order valence-electron chi connectivity index (χ1n) is 5.90. The van der Waals surface area contributed by atoms with Crippen LogP contribution in [0.2, 0.25) is 0 Å². The van der Waals surface area contributed by atoms with Gasteiger partial charge in [0.25, 0.3) is 0 Å². The lowest BCUT2D eigenvalue weighted by molar-refractivity contribution is -0.140. The quantitative estimate of drug-likeness (QED) is 0.750. The van der Waals surface area contributed by atoms with Crippen LogP contribution in [0.5, 0.6) is 0 Å². The summed E-state index contributed by atoms with van der Waals surface area (Å²) in [6, 6.07) is 7.50. The van der Waals surface area contributed by atoms with Crippen molar-refractivity contribution >= 4 is 17.7 Å². The van der Waals surface area contributed by atoms with E-state index in [0.29, 0.717) is 12.1 Å². The fraction of sp³-hybridized carbons (Fsp3) is 0.385. The van der Waals surface area contributed by atoms with Crippen molar-refractivity contribution in [2.75, 3.05) is 5.32 Å². The summed E-state index contributed by atoms with van der Waals surface area (Å²) in [7, 11) is 0. The van der Waals surface area contributed by atoms with E-state index in [9.17, 15) is 9.59 Å². The standard InChI is InChI=1S/C13H18N2O3/c1-3-9(2)11(12(16)17)15-13(18)14-10-7-5-4-6-8-10/h4-9,11H,3H2,1-2H3,(H,16,17)(H2,14,15,18)/t9?,11-/m0/s1. The molecule has 0 fully saturated rings. The van der Waals surface area contributed by atoms with Gasteiger partial charge in [-0.1, -0.05) is 38.5 Å². The Morgan fingerprint density at radius 3 is 2.39 bits per heavy atom. The van der Waals surface area contributed by atoms with Gasteiger partial charge in [-0.05, 0) is 18.1 Å². The van der Waals surface area contributed by atoms with Crippen molar-refractivity contribution in [3.63, 3.8) is 0 Å². The van der Waals surface area contributed by atoms with Gasteiger partial charge in [-0.25, -0.2) is 9.59 Å². The van der Waals surface area contributed by atoms with Crippen molar-refractivity contribution in [1.82, 2.24) is 5.32 Å². The largest absolute Gasteiger partial charge is 0.480 e. The molecule has 3 N–H and O–H groups in total. The summed E-state index contributed by atoms with van der Waals surface area (Å²) in [6.07, 6.45) is 0.683. The lowest BCUT2D eigenvalue weighted by Gasteiger charge is -2.20. The summed E-state index contributed by atoms with van der Waals surface area (Å²) in [4.78, 5) is 22.7. The molecule has 5 heteroatoms. The Balaban J connectivity index is 2.60. The van der Waals surface area contributed by atoms with Gasteiger partial charge >= 0.3 is 12.0 Å². The molecule has 1 aromatic carbocycles. The first-order valence-corrected chi connectivity index (χ1v) is 5.90. The fourth-order valence-electron chi connectivity index (χ4n) is 1.51. The molecule has 0 radical (unpaired) electrons. The zero-order valence-corrected chi connectivity index (χ0v) is 10.5. The summed E-state index contributed by atoms with van der Waals surface area (Å²) in [6.45, 7) is 3.68. The summed E-state index contributed by atoms with van der Waals surface area (Å²) in [5.41, 5.74) is 0.628. The number of carbonyl (C=O) groups is 2. The van der Waals surface area contributed by atoms with Gasteiger partial charge in [0.05, 0.1) is 0 Å². The van der Waals surface area contributed by atoms with Gasteiger partial charge < -0.3 is 15.7 Å². The maximum Gasteiger partial charge on any atom is 0.326 e. The monoisotopic (exact) mass is 250 g/mol. The second kappa shape index (κ2) is 6.64. The molecule has 2 amide bonds. The molecule has 18 heavy (non-hydrogen) atoms. The number of carboxylic acid groups (broad SMARTS) is 1. The van der Waals surface area contributed by atoms with Crippen LogP contribution in [0.15, 0.2) is 30.3 Å². The highest BCUT2D eigenvalue weighted by Gasteiger charge is 2.25. The van der Waals surface area contributed by atoms with Crippen LogP contribution in [0.25, 0.3) is 0 Å². The number of hydrogen-bond donors (Lipinski definition) is 3. The van der Waals surface area contributed by atoms with Gasteiger partial charge in [-0.2, -0.15) is 0 Å². The van der Waals surface area contributed by atoms with E-state index in [1.54, 1.807) is 31.2 Å². The second-order valence-electron chi connectivity index (χ2n) is 4.17. The number of carboxylic acids is 1. The van der Waals surface area contributed by atoms with Crippen molar-refractivity contribution in [3.8, 4) is 0 Å². The molecule has 0 saturated heterocycles. The SMILES string of the molecule is CCC(C)[C@H](NC(=O)Nc1ccccc1)C(=O)O. The van der Waals surface area contributed by atoms with Crippen LogP contribution >= 0.6 is 0 Å². The maximum absolute atomic E-state index is 11.7. The van der Waals surface area contributed by atoms with E-state index < -0.39 is 18.0 Å². The number of hydrogen-bond acceptors (Lipinski definition) is 2. The van der Waals surface area contributed by atoms with Crippen molar-refractivity contribution in [2.24, 2.45) is 5.92 Å². The molecule has 0 spiro atoms. The third-order valence-corrected chi connectivity index (χ3v) is 2.80. The van der Waals surface area contributed by atoms with E-state index >= 15 is 0 Å². The van der Waals surface area contributed by atoms with Gasteiger partial charge in [0.15, 0.2) is 0 Å². The number of aliphatic carboxylic acids is 1. The van der Waals surface area contributed by atoms with Gasteiger partial charge in [-0.3, -0.25) is 0 Å². The number of urea groups is 1. The van der Waals surface area contributed by atoms with Gasteiger partial charge in [0.1, 0.15) is 6.04 Å². The third-order valence-electron chi connectivity index (χ3n) is 2.80. The fourth-order valence-corrected chi connectivity index (χ4v) is 1.51. The molecule has 0 aliphatic carbocycles. The zero-order valence-electron chi connectivity index (χ0n) is 10.5. The molecule has 1 aromatic rings. The number of anilines is 1. The Labute approximate surface area is 106 Å². The summed E-state index contributed by atoms with van der Waals surface area (Å²) in [5, 5.41) is 14.1. The van der Waals surface area contributed by atoms with Gasteiger partial charge in [0, 0.05) is 5.69 Å². The molecule has 0 aliphatic heterocycles. The number of para-hydroxylation sites is 1. The van der Waals surface area contributed by atoms with Crippen molar-refractivity contribution in [2.45, 2.75) is 26.3 Å². The lowest BCUT2D eigenvalue weighted by Crippen LogP contribution is -2.46. The molecular weight excluding hydrogens is 232 g/mol. The normalized spacial score (nSPS) is 13.4. The van der Waals surface area contributed by atoms with Crippen molar-refractivity contribution in [1.29, 1.82) is 0 Å². The molecular formula is C13H18N2O3. The van der Waals surface area contributed by atoms with E-state index in [-0.39, 0.29) is 5.92 Å². The minimum atomic E-state index is -1.02. The number of carbonyl (C=O) groups excluding carboxylic acids is 1. The smallest absolute Gasteiger partial charge is 0.326 e. The zero-order chi connectivity index (χ0) is 13.5. The van der Waals surface area contributed by atoms with Crippen LogP contribution in [0.4, 0.5) is 10.5 Å². The van der Waals surface area contributed by atoms with Crippen molar-refractivity contribution in [3.05, 3.63) is 30.3 Å². The Morgan fingerprint density at radius 1 is 1.28 bits per heavy atom. The molecule has 0 heterocycles. The highest BCUT2D eigenvalue weighted by atomic mass is 16.4. The van der Waals surface area contributed by atoms with E-state index in [0.717, 1.165) is 0 Å². The molecule has 0 aromatic heterocycles. The average Bonchev–Trinajstić information content (AvgIpc) is 2.36. The number of rotatable bonds is 5. The minimum absolute atomic E-state index is 0.121. The van der Waals surface area contributed by atoms with E-state index in [1.807, 2.05) is 13.0 Å². The number of benzene rings is 1. The maximum atomic E-state index is 11.7. The summed E-state index contributed by atoms with van der Waals surface area (Å²) >= 11 is 0. The van der Waals surface area contributed by atoms with Crippen LogP contribution < -0.4 is 10.6 Å².